The molecular weight excluding hydrogens is 358 g/mol. The van der Waals surface area contributed by atoms with E-state index < -0.39 is 4.92 Å². The average molecular weight is 379 g/mol. The van der Waals surface area contributed by atoms with E-state index in [2.05, 4.69) is 22.3 Å². The third kappa shape index (κ3) is 4.57. The Balaban J connectivity index is 1.48. The molecule has 0 saturated carbocycles. The number of para-hydroxylation sites is 1. The summed E-state index contributed by atoms with van der Waals surface area (Å²) in [6.45, 7) is 3.31. The zero-order chi connectivity index (χ0) is 19.9. The van der Waals surface area contributed by atoms with E-state index in [1.54, 1.807) is 0 Å². The van der Waals surface area contributed by atoms with Crippen LogP contribution in [-0.2, 0) is 4.79 Å². The number of nitriles is 1. The van der Waals surface area contributed by atoms with Crippen molar-refractivity contribution < 1.29 is 9.72 Å². The number of non-ortho nitro benzene ring substituents is 1. The number of anilines is 2. The molecule has 28 heavy (non-hydrogen) atoms. The molecule has 0 spiro atoms. The predicted octanol–water partition coefficient (Wildman–Crippen LogP) is 2.62. The number of nitrogens with zero attached hydrogens (tertiary/aromatic N) is 4. The molecular formula is C20H21N5O3. The van der Waals surface area contributed by atoms with Crippen molar-refractivity contribution in [3.63, 3.8) is 0 Å². The molecule has 0 aliphatic carbocycles. The second-order valence-electron chi connectivity index (χ2n) is 6.48. The Morgan fingerprint density at radius 3 is 2.50 bits per heavy atom. The van der Waals surface area contributed by atoms with Gasteiger partial charge < -0.3 is 15.1 Å². The van der Waals surface area contributed by atoms with Gasteiger partial charge in [-0.25, -0.2) is 0 Å². The van der Waals surface area contributed by atoms with Crippen LogP contribution in [0.25, 0.3) is 0 Å². The van der Waals surface area contributed by atoms with Crippen molar-refractivity contribution in [2.24, 2.45) is 0 Å². The number of nitro groups is 1. The molecule has 0 atom stereocenters. The molecule has 2 aromatic rings. The van der Waals surface area contributed by atoms with Crippen molar-refractivity contribution in [2.75, 3.05) is 42.9 Å². The normalized spacial score (nSPS) is 13.7. The Bertz CT molecular complexity index is 886. The van der Waals surface area contributed by atoms with Crippen LogP contribution >= 0.6 is 0 Å². The van der Waals surface area contributed by atoms with E-state index in [9.17, 15) is 14.9 Å². The van der Waals surface area contributed by atoms with Gasteiger partial charge in [-0.05, 0) is 18.2 Å². The molecule has 1 fully saturated rings. The van der Waals surface area contributed by atoms with Gasteiger partial charge >= 0.3 is 0 Å². The molecule has 0 unspecified atom stereocenters. The van der Waals surface area contributed by atoms with Crippen molar-refractivity contribution in [1.82, 2.24) is 4.90 Å². The lowest BCUT2D eigenvalue weighted by Crippen LogP contribution is -2.49. The van der Waals surface area contributed by atoms with Crippen LogP contribution in [0, 0.1) is 21.4 Å². The fourth-order valence-electron chi connectivity index (χ4n) is 3.21. The highest BCUT2D eigenvalue weighted by molar-refractivity contribution is 5.77. The maximum atomic E-state index is 12.4. The number of carbonyl (C=O) groups excluding carboxylic acids is 1. The number of nitro benzene ring substituents is 1. The Morgan fingerprint density at radius 2 is 1.86 bits per heavy atom. The third-order valence-electron chi connectivity index (χ3n) is 4.74. The molecule has 3 rings (SSSR count). The summed E-state index contributed by atoms with van der Waals surface area (Å²) in [5, 5.41) is 23.0. The van der Waals surface area contributed by atoms with Crippen LogP contribution in [0.2, 0.25) is 0 Å². The van der Waals surface area contributed by atoms with Gasteiger partial charge in [-0.15, -0.1) is 0 Å². The summed E-state index contributed by atoms with van der Waals surface area (Å²) < 4.78 is 0. The number of hydrogen-bond acceptors (Lipinski definition) is 6. The summed E-state index contributed by atoms with van der Waals surface area (Å²) in [6.07, 6.45) is 0.299. The van der Waals surface area contributed by atoms with Crippen LogP contribution < -0.4 is 10.2 Å². The largest absolute Gasteiger partial charge is 0.383 e. The SMILES string of the molecule is N#Cc1cc([N+](=O)[O-])ccc1NCCC(=O)N1CCN(c2ccccc2)CC1. The Morgan fingerprint density at radius 1 is 1.14 bits per heavy atom. The van der Waals surface area contributed by atoms with Crippen LogP contribution in [-0.4, -0.2) is 48.5 Å². The molecule has 8 heteroatoms. The minimum atomic E-state index is -0.538. The third-order valence-corrected chi connectivity index (χ3v) is 4.74. The Labute approximate surface area is 163 Å². The molecule has 1 amide bonds. The van der Waals surface area contributed by atoms with Gasteiger partial charge in [0.05, 0.1) is 16.2 Å². The van der Waals surface area contributed by atoms with Gasteiger partial charge in [0.15, 0.2) is 0 Å². The van der Waals surface area contributed by atoms with E-state index in [1.165, 1.54) is 23.9 Å². The smallest absolute Gasteiger partial charge is 0.270 e. The quantitative estimate of drug-likeness (QED) is 0.611. The fraction of sp³-hybridized carbons (Fsp3) is 0.300. The van der Waals surface area contributed by atoms with E-state index in [-0.39, 0.29) is 17.2 Å². The van der Waals surface area contributed by atoms with Gasteiger partial charge in [-0.1, -0.05) is 18.2 Å². The first kappa shape index (κ1) is 19.2. The summed E-state index contributed by atoms with van der Waals surface area (Å²) in [5.74, 6) is 0.0561. The number of benzene rings is 2. The summed E-state index contributed by atoms with van der Waals surface area (Å²) >= 11 is 0. The minimum Gasteiger partial charge on any atom is -0.383 e. The molecule has 1 N–H and O–H groups in total. The maximum absolute atomic E-state index is 12.4. The topological polar surface area (TPSA) is 103 Å². The summed E-state index contributed by atoms with van der Waals surface area (Å²) in [7, 11) is 0. The van der Waals surface area contributed by atoms with Crippen molar-refractivity contribution >= 4 is 23.0 Å². The molecule has 0 radical (unpaired) electrons. The van der Waals surface area contributed by atoms with Gasteiger partial charge in [0.25, 0.3) is 5.69 Å². The van der Waals surface area contributed by atoms with Crippen LogP contribution in [0.15, 0.2) is 48.5 Å². The Kier molecular flexibility index (Phi) is 6.07. The maximum Gasteiger partial charge on any atom is 0.270 e. The highest BCUT2D eigenvalue weighted by Crippen LogP contribution is 2.21. The van der Waals surface area contributed by atoms with Gasteiger partial charge in [-0.3, -0.25) is 14.9 Å². The van der Waals surface area contributed by atoms with Crippen LogP contribution in [0.3, 0.4) is 0 Å². The molecule has 1 saturated heterocycles. The molecule has 1 heterocycles. The summed E-state index contributed by atoms with van der Waals surface area (Å²) in [5.41, 5.74) is 1.72. The number of carbonyl (C=O) groups is 1. The van der Waals surface area contributed by atoms with Crippen molar-refractivity contribution in [3.8, 4) is 6.07 Å². The highest BCUT2D eigenvalue weighted by Gasteiger charge is 2.21. The van der Waals surface area contributed by atoms with Gasteiger partial charge in [0.2, 0.25) is 5.91 Å². The number of rotatable bonds is 6. The standard InChI is InChI=1S/C20H21N5O3/c21-15-16-14-18(25(27)28)6-7-19(16)22-9-8-20(26)24-12-10-23(11-13-24)17-4-2-1-3-5-17/h1-7,14,22H,8-13H2. The van der Waals surface area contributed by atoms with E-state index >= 15 is 0 Å². The molecule has 0 aromatic heterocycles. The number of piperazine rings is 1. The molecule has 1 aliphatic heterocycles. The second-order valence-corrected chi connectivity index (χ2v) is 6.48. The van der Waals surface area contributed by atoms with Crippen molar-refractivity contribution in [3.05, 3.63) is 64.2 Å². The Hall–Kier alpha value is -3.60. The first-order valence-electron chi connectivity index (χ1n) is 9.08. The number of nitrogens with one attached hydrogen (secondary N) is 1. The highest BCUT2D eigenvalue weighted by atomic mass is 16.6. The van der Waals surface area contributed by atoms with Gasteiger partial charge in [-0.2, -0.15) is 5.26 Å². The van der Waals surface area contributed by atoms with E-state index in [1.807, 2.05) is 29.2 Å². The number of hydrogen-bond donors (Lipinski definition) is 1. The molecule has 144 valence electrons. The molecule has 1 aliphatic rings. The lowest BCUT2D eigenvalue weighted by Gasteiger charge is -2.36. The predicted molar refractivity (Wildman–Crippen MR) is 106 cm³/mol. The van der Waals surface area contributed by atoms with Crippen LogP contribution in [0.1, 0.15) is 12.0 Å². The summed E-state index contributed by atoms with van der Waals surface area (Å²) in [4.78, 5) is 26.8. The number of amides is 1. The molecule has 2 aromatic carbocycles. The first-order valence-corrected chi connectivity index (χ1v) is 9.08. The zero-order valence-corrected chi connectivity index (χ0v) is 15.4. The monoisotopic (exact) mass is 379 g/mol. The lowest BCUT2D eigenvalue weighted by molar-refractivity contribution is -0.384. The summed E-state index contributed by atoms with van der Waals surface area (Å²) in [6, 6.07) is 16.1. The minimum absolute atomic E-state index is 0.0561. The van der Waals surface area contributed by atoms with Gasteiger partial charge in [0, 0.05) is 57.0 Å². The van der Waals surface area contributed by atoms with E-state index in [0.717, 1.165) is 13.1 Å². The molecule has 0 bridgehead atoms. The first-order chi connectivity index (χ1) is 13.6. The zero-order valence-electron chi connectivity index (χ0n) is 15.4. The van der Waals surface area contributed by atoms with Gasteiger partial charge in [0.1, 0.15) is 6.07 Å². The van der Waals surface area contributed by atoms with Crippen LogP contribution in [0.5, 0.6) is 0 Å². The van der Waals surface area contributed by atoms with Crippen molar-refractivity contribution in [2.45, 2.75) is 6.42 Å². The second kappa shape index (κ2) is 8.86. The van der Waals surface area contributed by atoms with E-state index in [0.29, 0.717) is 31.7 Å². The van der Waals surface area contributed by atoms with Crippen molar-refractivity contribution in [1.29, 1.82) is 5.26 Å². The average Bonchev–Trinajstić information content (AvgIpc) is 2.74. The lowest BCUT2D eigenvalue weighted by atomic mass is 10.1. The van der Waals surface area contributed by atoms with Crippen LogP contribution in [0.4, 0.5) is 17.1 Å². The fourth-order valence-corrected chi connectivity index (χ4v) is 3.21. The van der Waals surface area contributed by atoms with E-state index in [4.69, 9.17) is 5.26 Å². The molecule has 8 nitrogen and oxygen atoms in total.